The van der Waals surface area contributed by atoms with Crippen LogP contribution in [0.3, 0.4) is 0 Å². The number of likely N-dealkylation sites (tertiary alicyclic amines) is 1. The average molecular weight is 449 g/mol. The zero-order valence-electron chi connectivity index (χ0n) is 17.1. The number of nitrogens with zero attached hydrogens (tertiary/aromatic N) is 3. The molecule has 1 spiro atoms. The number of para-hydroxylation sites is 1. The molecule has 1 fully saturated rings. The van der Waals surface area contributed by atoms with Crippen molar-refractivity contribution in [3.8, 4) is 5.75 Å². The molecule has 2 aliphatic heterocycles. The number of nitrogens with one attached hydrogen (secondary N) is 1. The van der Waals surface area contributed by atoms with Crippen molar-refractivity contribution in [2.45, 2.75) is 17.7 Å². The van der Waals surface area contributed by atoms with Crippen LogP contribution in [-0.2, 0) is 19.6 Å². The molecule has 1 aromatic heterocycles. The number of benzene rings is 1. The van der Waals surface area contributed by atoms with E-state index in [1.54, 1.807) is 29.2 Å². The summed E-state index contributed by atoms with van der Waals surface area (Å²) in [5, 5.41) is 6.49. The number of carbonyl (C=O) groups is 2. The van der Waals surface area contributed by atoms with Crippen LogP contribution >= 0.6 is 0 Å². The Kier molecular flexibility index (Phi) is 5.71. The van der Waals surface area contributed by atoms with Gasteiger partial charge in [0.15, 0.2) is 0 Å². The Bertz CT molecular complexity index is 1060. The molecule has 3 heterocycles. The molecule has 0 aliphatic carbocycles. The van der Waals surface area contributed by atoms with Crippen molar-refractivity contribution in [3.63, 3.8) is 0 Å². The maximum Gasteiger partial charge on any atom is 0.321 e. The average Bonchev–Trinajstić information content (AvgIpc) is 3.32. The van der Waals surface area contributed by atoms with Gasteiger partial charge in [-0.2, -0.15) is 9.40 Å². The van der Waals surface area contributed by atoms with Crippen molar-refractivity contribution in [2.75, 3.05) is 39.9 Å². The van der Waals surface area contributed by atoms with Crippen LogP contribution in [0.1, 0.15) is 23.3 Å². The van der Waals surface area contributed by atoms with Crippen LogP contribution in [0.4, 0.5) is 0 Å². The Labute approximate surface area is 180 Å². The van der Waals surface area contributed by atoms with Crippen LogP contribution in [0.25, 0.3) is 0 Å². The summed E-state index contributed by atoms with van der Waals surface area (Å²) in [4.78, 5) is 26.4. The third-order valence-corrected chi connectivity index (χ3v) is 7.72. The first-order valence-corrected chi connectivity index (χ1v) is 11.4. The second-order valence-electron chi connectivity index (χ2n) is 7.85. The lowest BCUT2D eigenvalue weighted by Crippen LogP contribution is -2.53. The summed E-state index contributed by atoms with van der Waals surface area (Å²) in [5.74, 6) is -0.527. The van der Waals surface area contributed by atoms with Gasteiger partial charge in [-0.15, -0.1) is 0 Å². The van der Waals surface area contributed by atoms with Crippen LogP contribution in [0.15, 0.2) is 41.4 Å². The Hall–Kier alpha value is -2.92. The standard InChI is InChI=1S/C20H24N4O6S/c1-29-18(25)12-24-13-20(14-30-16-4-2-3-5-17(16)31(24,27)28)7-10-23(11-8-20)19(26)15-6-9-21-22-15/h2-6,9H,7-8,10-14H2,1H3,(H,21,22). The van der Waals surface area contributed by atoms with Gasteiger partial charge in [-0.05, 0) is 31.0 Å². The molecule has 31 heavy (non-hydrogen) atoms. The Morgan fingerprint density at radius 3 is 2.65 bits per heavy atom. The van der Waals surface area contributed by atoms with Gasteiger partial charge in [0.2, 0.25) is 10.0 Å². The van der Waals surface area contributed by atoms with Gasteiger partial charge in [-0.25, -0.2) is 8.42 Å². The highest BCUT2D eigenvalue weighted by molar-refractivity contribution is 7.89. The van der Waals surface area contributed by atoms with E-state index < -0.39 is 21.4 Å². The number of aromatic nitrogens is 2. The minimum atomic E-state index is -3.97. The maximum atomic E-state index is 13.3. The van der Waals surface area contributed by atoms with Crippen LogP contribution < -0.4 is 4.74 Å². The maximum absolute atomic E-state index is 13.3. The second kappa shape index (κ2) is 8.31. The molecule has 166 valence electrons. The summed E-state index contributed by atoms with van der Waals surface area (Å²) in [6.07, 6.45) is 2.58. The molecule has 11 heteroatoms. The number of hydrogen-bond donors (Lipinski definition) is 1. The number of amides is 1. The molecule has 0 unspecified atom stereocenters. The number of aromatic amines is 1. The smallest absolute Gasteiger partial charge is 0.321 e. The van der Waals surface area contributed by atoms with E-state index in [9.17, 15) is 18.0 Å². The monoisotopic (exact) mass is 448 g/mol. The van der Waals surface area contributed by atoms with Crippen molar-refractivity contribution in [1.29, 1.82) is 0 Å². The van der Waals surface area contributed by atoms with Gasteiger partial charge in [0.05, 0.1) is 13.7 Å². The summed E-state index contributed by atoms with van der Waals surface area (Å²) in [5.41, 5.74) is -0.131. The van der Waals surface area contributed by atoms with Gasteiger partial charge >= 0.3 is 5.97 Å². The Morgan fingerprint density at radius 2 is 1.97 bits per heavy atom. The number of sulfonamides is 1. The van der Waals surface area contributed by atoms with Crippen molar-refractivity contribution in [2.24, 2.45) is 5.41 Å². The fourth-order valence-electron chi connectivity index (χ4n) is 4.04. The van der Waals surface area contributed by atoms with E-state index in [-0.39, 0.29) is 36.2 Å². The fraction of sp³-hybridized carbons (Fsp3) is 0.450. The normalized spacial score (nSPS) is 20.2. The van der Waals surface area contributed by atoms with Gasteiger partial charge in [0.25, 0.3) is 5.91 Å². The molecule has 1 amide bonds. The molecule has 0 atom stereocenters. The molecule has 0 radical (unpaired) electrons. The first-order chi connectivity index (χ1) is 14.8. The van der Waals surface area contributed by atoms with Gasteiger partial charge in [-0.3, -0.25) is 14.7 Å². The van der Waals surface area contributed by atoms with E-state index in [1.165, 1.54) is 23.7 Å². The van der Waals surface area contributed by atoms with Crippen LogP contribution in [0.2, 0.25) is 0 Å². The molecule has 1 saturated heterocycles. The molecule has 4 rings (SSSR count). The predicted octanol–water partition coefficient (Wildman–Crippen LogP) is 0.888. The van der Waals surface area contributed by atoms with E-state index in [1.807, 2.05) is 0 Å². The highest BCUT2D eigenvalue weighted by atomic mass is 32.2. The highest BCUT2D eigenvalue weighted by Crippen LogP contribution is 2.39. The summed E-state index contributed by atoms with van der Waals surface area (Å²) in [6.45, 7) is 0.879. The third kappa shape index (κ3) is 4.15. The van der Waals surface area contributed by atoms with Crippen molar-refractivity contribution >= 4 is 21.9 Å². The number of ether oxygens (including phenoxy) is 2. The molecule has 2 aromatic rings. The number of esters is 1. The molecule has 2 aliphatic rings. The topological polar surface area (TPSA) is 122 Å². The van der Waals surface area contributed by atoms with E-state index in [2.05, 4.69) is 10.2 Å². The van der Waals surface area contributed by atoms with E-state index in [4.69, 9.17) is 9.47 Å². The number of carbonyl (C=O) groups excluding carboxylic acids is 2. The van der Waals surface area contributed by atoms with Crippen LogP contribution in [0, 0.1) is 5.41 Å². The van der Waals surface area contributed by atoms with Gasteiger partial charge in [0.1, 0.15) is 22.9 Å². The van der Waals surface area contributed by atoms with E-state index in [0.717, 1.165) is 0 Å². The largest absolute Gasteiger partial charge is 0.492 e. The van der Waals surface area contributed by atoms with Crippen molar-refractivity contribution < 1.29 is 27.5 Å². The van der Waals surface area contributed by atoms with Gasteiger partial charge < -0.3 is 14.4 Å². The quantitative estimate of drug-likeness (QED) is 0.692. The summed E-state index contributed by atoms with van der Waals surface area (Å²) < 4.78 is 38.6. The van der Waals surface area contributed by atoms with Gasteiger partial charge in [0, 0.05) is 31.2 Å². The third-order valence-electron chi connectivity index (χ3n) is 5.89. The number of fused-ring (bicyclic) bond motifs is 1. The summed E-state index contributed by atoms with van der Waals surface area (Å²) >= 11 is 0. The molecular weight excluding hydrogens is 424 g/mol. The number of rotatable bonds is 3. The highest BCUT2D eigenvalue weighted by Gasteiger charge is 2.44. The van der Waals surface area contributed by atoms with Crippen molar-refractivity contribution in [1.82, 2.24) is 19.4 Å². The van der Waals surface area contributed by atoms with Crippen LogP contribution in [0.5, 0.6) is 5.75 Å². The van der Waals surface area contributed by atoms with Gasteiger partial charge in [-0.1, -0.05) is 12.1 Å². The minimum Gasteiger partial charge on any atom is -0.492 e. The molecular formula is C20H24N4O6S. The number of piperidine rings is 1. The second-order valence-corrected chi connectivity index (χ2v) is 9.75. The summed E-state index contributed by atoms with van der Waals surface area (Å²) in [7, 11) is -2.75. The zero-order valence-corrected chi connectivity index (χ0v) is 17.9. The zero-order chi connectivity index (χ0) is 22.1. The lowest BCUT2D eigenvalue weighted by molar-refractivity contribution is -0.141. The Balaban J connectivity index is 1.61. The molecule has 10 nitrogen and oxygen atoms in total. The number of methoxy groups -OCH3 is 1. The lowest BCUT2D eigenvalue weighted by atomic mass is 9.78. The molecule has 0 saturated carbocycles. The van der Waals surface area contributed by atoms with E-state index >= 15 is 0 Å². The summed E-state index contributed by atoms with van der Waals surface area (Å²) in [6, 6.07) is 8.02. The predicted molar refractivity (Wildman–Crippen MR) is 109 cm³/mol. The number of hydrogen-bond acceptors (Lipinski definition) is 7. The number of H-pyrrole nitrogens is 1. The Morgan fingerprint density at radius 1 is 1.23 bits per heavy atom. The molecule has 1 aromatic carbocycles. The molecule has 1 N–H and O–H groups in total. The first-order valence-electron chi connectivity index (χ1n) is 9.92. The van der Waals surface area contributed by atoms with Crippen molar-refractivity contribution in [3.05, 3.63) is 42.2 Å². The fourth-order valence-corrected chi connectivity index (χ4v) is 5.67. The van der Waals surface area contributed by atoms with Crippen LogP contribution in [-0.4, -0.2) is 79.6 Å². The minimum absolute atomic E-state index is 0.0283. The molecule has 0 bridgehead atoms. The first kappa shape index (κ1) is 21.3. The van der Waals surface area contributed by atoms with E-state index in [0.29, 0.717) is 31.6 Å². The lowest BCUT2D eigenvalue weighted by Gasteiger charge is -2.44. The SMILES string of the molecule is COC(=O)CN1CC2(CCN(C(=O)c3ccn[nH]3)CC2)COc2ccccc2S1(=O)=O.